The molecule has 0 atom stereocenters. The standard InChI is InChI=1S/C14H30N2O/c1-12(2)10-14(11-13(3)4)15-6-8-16(17-5)9-7-15/h12-14H,6-11H2,1-5H3. The second-order valence-corrected chi connectivity index (χ2v) is 6.06. The monoisotopic (exact) mass is 242 g/mol. The molecule has 0 aromatic carbocycles. The molecule has 1 saturated heterocycles. The number of nitrogens with zero attached hydrogens (tertiary/aromatic N) is 2. The largest absolute Gasteiger partial charge is 0.302 e. The van der Waals surface area contributed by atoms with Gasteiger partial charge in [0.1, 0.15) is 0 Å². The fourth-order valence-electron chi connectivity index (χ4n) is 2.73. The Morgan fingerprint density at radius 2 is 1.35 bits per heavy atom. The van der Waals surface area contributed by atoms with Crippen molar-refractivity contribution in [3.63, 3.8) is 0 Å². The Balaban J connectivity index is 2.46. The molecule has 1 aliphatic heterocycles. The predicted octanol–water partition coefficient (Wildman–Crippen LogP) is 2.63. The van der Waals surface area contributed by atoms with Crippen molar-refractivity contribution in [3.8, 4) is 0 Å². The molecule has 0 aromatic rings. The molecule has 1 rings (SSSR count). The summed E-state index contributed by atoms with van der Waals surface area (Å²) in [5.74, 6) is 1.58. The highest BCUT2D eigenvalue weighted by atomic mass is 16.7. The lowest BCUT2D eigenvalue weighted by Crippen LogP contribution is -2.50. The second-order valence-electron chi connectivity index (χ2n) is 6.06. The minimum atomic E-state index is 0.758. The van der Waals surface area contributed by atoms with Crippen LogP contribution in [0.15, 0.2) is 0 Å². The summed E-state index contributed by atoms with van der Waals surface area (Å²) in [4.78, 5) is 7.95. The Hall–Kier alpha value is -0.120. The van der Waals surface area contributed by atoms with Crippen molar-refractivity contribution in [3.05, 3.63) is 0 Å². The maximum atomic E-state index is 5.29. The van der Waals surface area contributed by atoms with Gasteiger partial charge in [0.25, 0.3) is 0 Å². The molecule has 3 nitrogen and oxygen atoms in total. The van der Waals surface area contributed by atoms with Gasteiger partial charge in [-0.1, -0.05) is 27.7 Å². The van der Waals surface area contributed by atoms with Crippen LogP contribution in [0.1, 0.15) is 40.5 Å². The Morgan fingerprint density at radius 1 is 0.882 bits per heavy atom. The number of hydrogen-bond donors (Lipinski definition) is 0. The second kappa shape index (κ2) is 7.34. The van der Waals surface area contributed by atoms with Crippen molar-refractivity contribution in [1.82, 2.24) is 9.96 Å². The summed E-state index contributed by atoms with van der Waals surface area (Å²) in [5, 5.41) is 2.07. The summed E-state index contributed by atoms with van der Waals surface area (Å²) in [6.45, 7) is 13.7. The van der Waals surface area contributed by atoms with E-state index in [0.29, 0.717) is 0 Å². The third kappa shape index (κ3) is 5.36. The van der Waals surface area contributed by atoms with Gasteiger partial charge in [-0.05, 0) is 24.7 Å². The van der Waals surface area contributed by atoms with Gasteiger partial charge >= 0.3 is 0 Å². The van der Waals surface area contributed by atoms with E-state index in [2.05, 4.69) is 37.7 Å². The molecule has 3 heteroatoms. The zero-order valence-corrected chi connectivity index (χ0v) is 12.3. The smallest absolute Gasteiger partial charge is 0.0575 e. The molecule has 1 aliphatic rings. The average molecular weight is 242 g/mol. The zero-order valence-electron chi connectivity index (χ0n) is 12.3. The van der Waals surface area contributed by atoms with E-state index >= 15 is 0 Å². The molecule has 1 fully saturated rings. The van der Waals surface area contributed by atoms with E-state index in [1.807, 2.05) is 0 Å². The highest BCUT2D eigenvalue weighted by Gasteiger charge is 2.24. The molecule has 17 heavy (non-hydrogen) atoms. The minimum absolute atomic E-state index is 0.758. The van der Waals surface area contributed by atoms with E-state index in [9.17, 15) is 0 Å². The summed E-state index contributed by atoms with van der Waals surface area (Å²) in [6, 6.07) is 0.758. The zero-order chi connectivity index (χ0) is 12.8. The summed E-state index contributed by atoms with van der Waals surface area (Å²) in [5.41, 5.74) is 0. The Morgan fingerprint density at radius 3 is 1.71 bits per heavy atom. The fourth-order valence-corrected chi connectivity index (χ4v) is 2.73. The Labute approximate surface area is 107 Å². The number of hydroxylamine groups is 2. The van der Waals surface area contributed by atoms with Gasteiger partial charge in [-0.2, -0.15) is 5.06 Å². The van der Waals surface area contributed by atoms with Crippen molar-refractivity contribution >= 4 is 0 Å². The minimum Gasteiger partial charge on any atom is -0.302 e. The van der Waals surface area contributed by atoms with E-state index < -0.39 is 0 Å². The van der Waals surface area contributed by atoms with Crippen molar-refractivity contribution in [1.29, 1.82) is 0 Å². The maximum absolute atomic E-state index is 5.29. The third-order valence-corrected chi connectivity index (χ3v) is 3.53. The molecule has 102 valence electrons. The van der Waals surface area contributed by atoms with Crippen LogP contribution in [-0.4, -0.2) is 49.3 Å². The summed E-state index contributed by atoms with van der Waals surface area (Å²) in [7, 11) is 1.77. The summed E-state index contributed by atoms with van der Waals surface area (Å²) >= 11 is 0. The highest BCUT2D eigenvalue weighted by Crippen LogP contribution is 2.20. The highest BCUT2D eigenvalue weighted by molar-refractivity contribution is 4.78. The van der Waals surface area contributed by atoms with Crippen LogP contribution in [0.5, 0.6) is 0 Å². The lowest BCUT2D eigenvalue weighted by atomic mass is 9.94. The molecule has 0 aliphatic carbocycles. The van der Waals surface area contributed by atoms with E-state index in [1.54, 1.807) is 7.11 Å². The molecule has 0 bridgehead atoms. The first-order valence-corrected chi connectivity index (χ1v) is 7.06. The van der Waals surface area contributed by atoms with E-state index in [4.69, 9.17) is 4.84 Å². The molecular formula is C14H30N2O. The van der Waals surface area contributed by atoms with Crippen LogP contribution in [-0.2, 0) is 4.84 Å². The maximum Gasteiger partial charge on any atom is 0.0575 e. The lowest BCUT2D eigenvalue weighted by molar-refractivity contribution is -0.156. The average Bonchev–Trinajstić information content (AvgIpc) is 2.27. The van der Waals surface area contributed by atoms with Gasteiger partial charge in [0.2, 0.25) is 0 Å². The van der Waals surface area contributed by atoms with Gasteiger partial charge in [0, 0.05) is 32.2 Å². The molecule has 0 amide bonds. The van der Waals surface area contributed by atoms with Crippen LogP contribution in [0, 0.1) is 11.8 Å². The van der Waals surface area contributed by atoms with E-state index in [0.717, 1.165) is 44.1 Å². The molecule has 1 heterocycles. The Bertz CT molecular complexity index is 188. The van der Waals surface area contributed by atoms with Crippen molar-refractivity contribution < 1.29 is 4.84 Å². The van der Waals surface area contributed by atoms with Gasteiger partial charge in [-0.3, -0.25) is 4.90 Å². The summed E-state index contributed by atoms with van der Waals surface area (Å²) in [6.07, 6.45) is 2.65. The van der Waals surface area contributed by atoms with Gasteiger partial charge < -0.3 is 4.84 Å². The normalized spacial score (nSPS) is 19.8. The molecule has 0 aromatic heterocycles. The van der Waals surface area contributed by atoms with Crippen LogP contribution in [0.25, 0.3) is 0 Å². The van der Waals surface area contributed by atoms with Crippen molar-refractivity contribution in [2.75, 3.05) is 33.3 Å². The van der Waals surface area contributed by atoms with Crippen LogP contribution >= 0.6 is 0 Å². The van der Waals surface area contributed by atoms with Crippen LogP contribution in [0.2, 0.25) is 0 Å². The number of rotatable bonds is 6. The molecule has 0 saturated carbocycles. The summed E-state index contributed by atoms with van der Waals surface area (Å²) < 4.78 is 0. The molecule has 0 N–H and O–H groups in total. The molecule has 0 radical (unpaired) electrons. The fraction of sp³-hybridized carbons (Fsp3) is 1.00. The number of piperazine rings is 1. The van der Waals surface area contributed by atoms with Gasteiger partial charge in [0.05, 0.1) is 7.11 Å². The molecule has 0 spiro atoms. The van der Waals surface area contributed by atoms with Crippen molar-refractivity contribution in [2.24, 2.45) is 11.8 Å². The first-order valence-electron chi connectivity index (χ1n) is 7.06. The predicted molar refractivity (Wildman–Crippen MR) is 72.9 cm³/mol. The van der Waals surface area contributed by atoms with Gasteiger partial charge in [-0.15, -0.1) is 0 Å². The van der Waals surface area contributed by atoms with Gasteiger partial charge in [-0.25, -0.2) is 0 Å². The van der Waals surface area contributed by atoms with Gasteiger partial charge in [0.15, 0.2) is 0 Å². The van der Waals surface area contributed by atoms with E-state index in [-0.39, 0.29) is 0 Å². The number of hydrogen-bond acceptors (Lipinski definition) is 3. The SMILES string of the molecule is CON1CCN(C(CC(C)C)CC(C)C)CC1. The first kappa shape index (κ1) is 14.9. The van der Waals surface area contributed by atoms with Crippen molar-refractivity contribution in [2.45, 2.75) is 46.6 Å². The lowest BCUT2D eigenvalue weighted by Gasteiger charge is -2.39. The van der Waals surface area contributed by atoms with E-state index in [1.165, 1.54) is 12.8 Å². The van der Waals surface area contributed by atoms with Crippen LogP contribution in [0.4, 0.5) is 0 Å². The Kier molecular flexibility index (Phi) is 6.45. The van der Waals surface area contributed by atoms with Crippen LogP contribution < -0.4 is 0 Å². The molecule has 0 unspecified atom stereocenters. The van der Waals surface area contributed by atoms with Crippen LogP contribution in [0.3, 0.4) is 0 Å². The topological polar surface area (TPSA) is 15.7 Å². The quantitative estimate of drug-likeness (QED) is 0.712. The third-order valence-electron chi connectivity index (χ3n) is 3.53. The first-order chi connectivity index (χ1) is 8.02. The molecular weight excluding hydrogens is 212 g/mol.